The number of ether oxygens (including phenoxy) is 10. The third-order valence-electron chi connectivity index (χ3n) is 21.4. The molecule has 0 saturated carbocycles. The predicted octanol–water partition coefficient (Wildman–Crippen LogP) is 5.30. The van der Waals surface area contributed by atoms with Crippen molar-refractivity contribution in [3.8, 4) is 0 Å². The highest BCUT2D eigenvalue weighted by Crippen LogP contribution is 2.30. The maximum absolute atomic E-state index is 12.6. The number of carboxylic acids is 1. The van der Waals surface area contributed by atoms with Crippen LogP contribution in [0.15, 0.2) is 102 Å². The molecule has 8 fully saturated rings. The van der Waals surface area contributed by atoms with Gasteiger partial charge in [-0.25, -0.2) is 54.6 Å². The molecule has 1 aromatic carbocycles. The molecule has 47 nitrogen and oxygen atoms in total. The number of nitrogens with two attached hydrogens (primary N) is 1. The molecule has 8 aliphatic rings. The van der Waals surface area contributed by atoms with Crippen LogP contribution in [-0.4, -0.2) is 337 Å². The molecule has 0 aliphatic carbocycles. The topological polar surface area (TPSA) is 511 Å². The van der Waals surface area contributed by atoms with E-state index < -0.39 is 17.9 Å². The highest BCUT2D eigenvalue weighted by atomic mass is 35.5. The van der Waals surface area contributed by atoms with Crippen molar-refractivity contribution in [3.05, 3.63) is 168 Å². The Morgan fingerprint density at radius 1 is 0.400 bits per heavy atom. The molecule has 135 heavy (non-hydrogen) atoms. The Kier molecular flexibility index (Phi) is 31.4. The number of hydrazine groups is 1. The van der Waals surface area contributed by atoms with E-state index in [0.29, 0.717) is 203 Å². The highest BCUT2D eigenvalue weighted by molar-refractivity contribution is 6.33. The molecule has 0 unspecified atom stereocenters. The lowest BCUT2D eigenvalue weighted by molar-refractivity contribution is -0.00356. The fourth-order valence-corrected chi connectivity index (χ4v) is 15.6. The number of rotatable bonds is 20. The summed E-state index contributed by atoms with van der Waals surface area (Å²) in [5, 5.41) is 49.2. The fraction of sp³-hybridized carbons (Fsp3) is 0.410. The van der Waals surface area contributed by atoms with Gasteiger partial charge >= 0.3 is 17.9 Å². The first-order chi connectivity index (χ1) is 65.5. The van der Waals surface area contributed by atoms with Crippen molar-refractivity contribution in [1.82, 2.24) is 104 Å². The molecule has 712 valence electrons. The number of carbonyl (C=O) groups excluding carboxylic acids is 5. The van der Waals surface area contributed by atoms with Crippen LogP contribution in [0.25, 0.3) is 33.9 Å². The zero-order chi connectivity index (χ0) is 94.2. The van der Waals surface area contributed by atoms with E-state index in [9.17, 15) is 28.8 Å². The first kappa shape index (κ1) is 95.3. The van der Waals surface area contributed by atoms with E-state index in [1.54, 1.807) is 80.6 Å². The molecule has 0 radical (unpaired) electrons. The fourth-order valence-electron chi connectivity index (χ4n) is 14.5. The summed E-state index contributed by atoms with van der Waals surface area (Å²) in [6.07, 6.45) is 1.75. The minimum Gasteiger partial charge on any atom is -0.476 e. The molecule has 52 heteroatoms. The van der Waals surface area contributed by atoms with Gasteiger partial charge in [0.05, 0.1) is 143 Å². The summed E-state index contributed by atoms with van der Waals surface area (Å²) < 4.78 is 61.4. The maximum atomic E-state index is 12.6. The number of carboxylic acid groups (broad SMARTS) is 1. The molecular weight excluding hydrogens is 1870 g/mol. The molecule has 8 saturated heterocycles. The Balaban J connectivity index is 0.000000119. The van der Waals surface area contributed by atoms with Crippen LogP contribution in [0, 0.1) is 6.92 Å². The van der Waals surface area contributed by atoms with Crippen LogP contribution >= 0.6 is 58.0 Å². The largest absolute Gasteiger partial charge is 0.476 e. The third-order valence-corrected chi connectivity index (χ3v) is 22.4. The summed E-state index contributed by atoms with van der Waals surface area (Å²) in [4.78, 5) is 107. The van der Waals surface area contributed by atoms with Gasteiger partial charge in [-0.2, -0.15) is 58.3 Å². The first-order valence-corrected chi connectivity index (χ1v) is 44.9. The Hall–Kier alpha value is -12.9. The van der Waals surface area contributed by atoms with Crippen molar-refractivity contribution in [3.63, 3.8) is 0 Å². The maximum Gasteiger partial charge on any atom is 0.358 e. The quantitative estimate of drug-likeness (QED) is 0.0167. The smallest absolute Gasteiger partial charge is 0.358 e. The zero-order valence-electron chi connectivity index (χ0n) is 73.0. The lowest BCUT2D eigenvalue weighted by Crippen LogP contribution is -2.48. The van der Waals surface area contributed by atoms with Gasteiger partial charge in [0.15, 0.2) is 73.9 Å². The SMILES string of the molecule is CCOC(=O)c1cc2nc(Cl)cc(Cl)n2n1.CCOC(=O)c1cc2nc(Cl)cc(N3CCOCC3)n2n1.Cc1cccc(/C=N/Nc2cc(N3CCOCC3)n3nc(C(=O)NC4COC4)cc3n2)c1.NNc1cc(N2CCOCC2)n2nc(C(=O)NC3COC3)cc2n1.O=C(NC1COC1)c1cc2nc(Cl)cc(N3CCOCC3)n2n1.O=C(O)c1cc2nc(Cl)cc(N3CCOCC3)n2n1. The van der Waals surface area contributed by atoms with Crippen LogP contribution in [0.4, 0.5) is 40.7 Å². The van der Waals surface area contributed by atoms with Crippen LogP contribution in [-0.2, 0) is 47.4 Å². The third kappa shape index (κ3) is 23.7. The van der Waals surface area contributed by atoms with Crippen molar-refractivity contribution < 1.29 is 81.2 Å². The van der Waals surface area contributed by atoms with Gasteiger partial charge in [0.2, 0.25) is 0 Å². The van der Waals surface area contributed by atoms with Crippen molar-refractivity contribution in [2.24, 2.45) is 10.9 Å². The van der Waals surface area contributed by atoms with Crippen molar-refractivity contribution in [1.29, 1.82) is 0 Å². The number of hydrogen-bond acceptors (Lipinski definition) is 37. The number of esters is 2. The first-order valence-electron chi connectivity index (χ1n) is 43.0. The molecule has 0 atom stereocenters. The predicted molar refractivity (Wildman–Crippen MR) is 493 cm³/mol. The van der Waals surface area contributed by atoms with Gasteiger partial charge in [0.25, 0.3) is 17.7 Å². The number of hydrogen-bond donors (Lipinski definition) is 7. The van der Waals surface area contributed by atoms with Crippen LogP contribution < -0.4 is 57.1 Å². The van der Waals surface area contributed by atoms with Crippen molar-refractivity contribution in [2.75, 3.05) is 220 Å². The van der Waals surface area contributed by atoms with E-state index in [1.165, 1.54) is 32.8 Å². The average molecular weight is 1960 g/mol. The van der Waals surface area contributed by atoms with E-state index in [0.717, 1.165) is 87.0 Å². The second kappa shape index (κ2) is 44.5. The number of aromatic carboxylic acids is 1. The van der Waals surface area contributed by atoms with Gasteiger partial charge in [0, 0.05) is 138 Å². The number of nitrogens with zero attached hydrogens (tertiary/aromatic N) is 24. The molecule has 20 heterocycles. The van der Waals surface area contributed by atoms with Gasteiger partial charge in [-0.15, -0.1) is 0 Å². The van der Waals surface area contributed by atoms with Gasteiger partial charge in [0.1, 0.15) is 60.7 Å². The number of halogens is 5. The van der Waals surface area contributed by atoms with E-state index in [2.05, 4.69) is 118 Å². The number of aryl methyl sites for hydroxylation is 1. The number of carbonyl (C=O) groups is 6. The number of amides is 3. The Labute approximate surface area is 792 Å². The second-order valence-electron chi connectivity index (χ2n) is 30.8. The van der Waals surface area contributed by atoms with Crippen molar-refractivity contribution in [2.45, 2.75) is 38.9 Å². The van der Waals surface area contributed by atoms with E-state index in [1.807, 2.05) is 42.2 Å². The summed E-state index contributed by atoms with van der Waals surface area (Å²) in [6, 6.07) is 28.0. The second-order valence-corrected chi connectivity index (χ2v) is 32.7. The number of hydrazone groups is 1. The molecule has 0 spiro atoms. The summed E-state index contributed by atoms with van der Waals surface area (Å²) in [5.41, 5.74) is 12.0. The summed E-state index contributed by atoms with van der Waals surface area (Å²) in [7, 11) is 0. The average Bonchev–Trinajstić information content (AvgIpc) is 1.66. The monoisotopic (exact) mass is 1960 g/mol. The van der Waals surface area contributed by atoms with Crippen LogP contribution in [0.2, 0.25) is 25.8 Å². The number of benzene rings is 1. The molecule has 21 rings (SSSR count). The van der Waals surface area contributed by atoms with E-state index in [4.69, 9.17) is 116 Å². The number of anilines is 7. The van der Waals surface area contributed by atoms with Gasteiger partial charge in [-0.1, -0.05) is 87.8 Å². The molecule has 3 amide bonds. The minimum atomic E-state index is -1.09. The van der Waals surface area contributed by atoms with E-state index in [-0.39, 0.29) is 69.8 Å². The number of fused-ring (bicyclic) bond motifs is 6. The number of morpholine rings is 5. The lowest BCUT2D eigenvalue weighted by atomic mass is 10.2. The Morgan fingerprint density at radius 3 is 1.04 bits per heavy atom. The molecule has 0 bridgehead atoms. The number of nitrogens with one attached hydrogen (secondary N) is 5. The van der Waals surface area contributed by atoms with Gasteiger partial charge < -0.3 is 98.4 Å². The Morgan fingerprint density at radius 2 is 0.704 bits per heavy atom. The summed E-state index contributed by atoms with van der Waals surface area (Å²) >= 11 is 29.8. The van der Waals surface area contributed by atoms with E-state index >= 15 is 0 Å². The summed E-state index contributed by atoms with van der Waals surface area (Å²) in [6.45, 7) is 23.0. The van der Waals surface area contributed by atoms with Gasteiger partial charge in [-0.05, 0) is 26.3 Å². The molecule has 12 aromatic heterocycles. The van der Waals surface area contributed by atoms with Crippen LogP contribution in [0.5, 0.6) is 0 Å². The Bertz CT molecular complexity index is 6450. The zero-order valence-corrected chi connectivity index (χ0v) is 76.8. The molecule has 8 aliphatic heterocycles. The highest BCUT2D eigenvalue weighted by Gasteiger charge is 2.31. The number of nitrogen functional groups attached to an aromatic ring is 1. The molecule has 8 N–H and O–H groups in total. The van der Waals surface area contributed by atoms with Crippen LogP contribution in [0.1, 0.15) is 87.9 Å². The minimum absolute atomic E-state index is 0.0344. The normalized spacial score (nSPS) is 16.4. The summed E-state index contributed by atoms with van der Waals surface area (Å²) in [5.74, 6) is 7.84. The molecular formula is C83H93Cl5N30O17. The number of aromatic nitrogens is 18. The molecule has 13 aromatic rings. The van der Waals surface area contributed by atoms with Crippen LogP contribution in [0.3, 0.4) is 0 Å². The standard InChI is InChI=1S/C22H25N7O3.C14H16ClN5O3.C14H19N7O3.C13H15ClN4O3.C11H11ClN4O3.C9H7Cl2N3O2/c1-15-3-2-4-16(9-15)12-23-26-19-11-21(28-5-7-31-8-6-28)29-20(25-19)10-18(27-29)22(30)24-17-13-32-14-17;15-11-6-13(19-1-3-22-4-2-19)20-12(17-11)5-10(18-20)14(21)16-9-7-23-8-9;15-18-11-6-13(20-1-3-23-4-2-20)21-12(17-11)5-10(19-21)14(22)16-9-7-24-8-9;1-2-21-13(19)9-7-11-15-10(14)8-12(18(11)16-9)17-3-5-20-6-4-17;12-8-6-10(15-1-3-19-4-2-15)16-9(13-8)5-7(14-16)11(17)18;1-2-16-9(15)5-3-8-12-6(10)4-7(11)14(8)13-5/h2-4,9-12,17H,5-8,13-14H2,1H3,(H,24,30)(H,25,26);5-6,9H,1-4,7-8H2,(H,16,21);5-6,9H,1-4,7-8,15H2,(H,16,22)(H,17,18);7-8H,2-6H2,1H3;5-6H,1-4H2,(H,17,18);3-4H,2H2,1H3/b23-12+;;;;;. The lowest BCUT2D eigenvalue weighted by Gasteiger charge is -2.29. The van der Waals surface area contributed by atoms with Gasteiger partial charge in [-0.3, -0.25) is 19.8 Å². The van der Waals surface area contributed by atoms with Crippen molar-refractivity contribution >= 4 is 174 Å².